The monoisotopic (exact) mass is 465 g/mol. The average Bonchev–Trinajstić information content (AvgIpc) is 2.78. The van der Waals surface area contributed by atoms with Crippen LogP contribution in [0.3, 0.4) is 0 Å². The topological polar surface area (TPSA) is 81.4 Å². The fraction of sp³-hybridized carbons (Fsp3) is 0.348. The van der Waals surface area contributed by atoms with Crippen molar-refractivity contribution < 1.29 is 36.9 Å². The van der Waals surface area contributed by atoms with Gasteiger partial charge in [0.05, 0.1) is 30.8 Å². The SMILES string of the molecule is CCOc1ccccc1Oc1c(C(F)(F)F)oc2c(CN3CCOCC3)c(O)ccc2c1=O. The van der Waals surface area contributed by atoms with Crippen LogP contribution in [-0.4, -0.2) is 42.9 Å². The van der Waals surface area contributed by atoms with Gasteiger partial charge in [-0.05, 0) is 31.2 Å². The van der Waals surface area contributed by atoms with Crippen LogP contribution in [0.15, 0.2) is 45.6 Å². The Morgan fingerprint density at radius 2 is 1.79 bits per heavy atom. The standard InChI is InChI=1S/C23H22F3NO6/c1-2-31-17-5-3-4-6-18(17)32-21-19(29)14-7-8-16(28)15(13-27-9-11-30-12-10-27)20(14)33-22(21)23(24,25)26/h3-8,28H,2,9-13H2,1H3. The zero-order chi connectivity index (χ0) is 23.6. The fourth-order valence-electron chi connectivity index (χ4n) is 3.62. The van der Waals surface area contributed by atoms with Crippen LogP contribution in [0, 0.1) is 0 Å². The second-order valence-corrected chi connectivity index (χ2v) is 7.40. The Morgan fingerprint density at radius 3 is 2.45 bits per heavy atom. The number of halogens is 3. The summed E-state index contributed by atoms with van der Waals surface area (Å²) in [5.74, 6) is -2.71. The molecule has 10 heteroatoms. The van der Waals surface area contributed by atoms with Crippen molar-refractivity contribution in [3.63, 3.8) is 0 Å². The number of phenols is 1. The van der Waals surface area contributed by atoms with Gasteiger partial charge in [0.2, 0.25) is 11.2 Å². The van der Waals surface area contributed by atoms with Crippen LogP contribution < -0.4 is 14.9 Å². The Morgan fingerprint density at radius 1 is 1.09 bits per heavy atom. The molecular formula is C23H22F3NO6. The van der Waals surface area contributed by atoms with E-state index < -0.39 is 23.1 Å². The summed E-state index contributed by atoms with van der Waals surface area (Å²) in [6, 6.07) is 8.59. The second kappa shape index (κ2) is 9.32. The zero-order valence-electron chi connectivity index (χ0n) is 17.8. The maximum absolute atomic E-state index is 14.0. The normalized spacial score (nSPS) is 15.0. The molecule has 2 aromatic carbocycles. The molecule has 0 aliphatic carbocycles. The van der Waals surface area contributed by atoms with Gasteiger partial charge in [0.1, 0.15) is 11.3 Å². The highest BCUT2D eigenvalue weighted by Crippen LogP contribution is 2.41. The van der Waals surface area contributed by atoms with Crippen LogP contribution in [0.2, 0.25) is 0 Å². The van der Waals surface area contributed by atoms with Gasteiger partial charge in [-0.25, -0.2) is 0 Å². The van der Waals surface area contributed by atoms with Crippen molar-refractivity contribution in [2.45, 2.75) is 19.6 Å². The summed E-state index contributed by atoms with van der Waals surface area (Å²) in [5.41, 5.74) is -1.24. The molecule has 1 aliphatic heterocycles. The van der Waals surface area contributed by atoms with Gasteiger partial charge in [0, 0.05) is 19.6 Å². The number of para-hydroxylation sites is 2. The molecule has 1 fully saturated rings. The van der Waals surface area contributed by atoms with E-state index in [0.29, 0.717) is 26.3 Å². The molecule has 0 saturated carbocycles. The molecule has 4 rings (SSSR count). The molecular weight excluding hydrogens is 443 g/mol. The maximum Gasteiger partial charge on any atom is 0.453 e. The number of phenolic OH excluding ortho intramolecular Hbond substituents is 1. The summed E-state index contributed by atoms with van der Waals surface area (Å²) >= 11 is 0. The number of rotatable bonds is 6. The van der Waals surface area contributed by atoms with Gasteiger partial charge in [0.15, 0.2) is 11.5 Å². The number of benzene rings is 2. The number of aromatic hydroxyl groups is 1. The van der Waals surface area contributed by atoms with E-state index in [-0.39, 0.29) is 46.9 Å². The van der Waals surface area contributed by atoms with Crippen LogP contribution in [0.4, 0.5) is 13.2 Å². The minimum Gasteiger partial charge on any atom is -0.507 e. The third-order valence-corrected chi connectivity index (χ3v) is 5.20. The molecule has 0 atom stereocenters. The van der Waals surface area contributed by atoms with Crippen molar-refractivity contribution in [3.8, 4) is 23.0 Å². The van der Waals surface area contributed by atoms with Crippen LogP contribution in [0.5, 0.6) is 23.0 Å². The number of alkyl halides is 3. The number of fused-ring (bicyclic) bond motifs is 1. The number of nitrogens with zero attached hydrogens (tertiary/aromatic N) is 1. The van der Waals surface area contributed by atoms with E-state index in [2.05, 4.69) is 0 Å². The molecule has 7 nitrogen and oxygen atoms in total. The smallest absolute Gasteiger partial charge is 0.453 e. The van der Waals surface area contributed by atoms with Gasteiger partial charge >= 0.3 is 6.18 Å². The molecule has 0 spiro atoms. The Kier molecular flexibility index (Phi) is 6.48. The van der Waals surface area contributed by atoms with E-state index >= 15 is 0 Å². The molecule has 3 aromatic rings. The third-order valence-electron chi connectivity index (χ3n) is 5.20. The van der Waals surface area contributed by atoms with Crippen molar-refractivity contribution in [1.82, 2.24) is 4.90 Å². The minimum absolute atomic E-state index is 0.0520. The molecule has 0 radical (unpaired) electrons. The first-order valence-corrected chi connectivity index (χ1v) is 10.4. The molecule has 0 amide bonds. The molecule has 2 heterocycles. The zero-order valence-corrected chi connectivity index (χ0v) is 17.8. The lowest BCUT2D eigenvalue weighted by molar-refractivity contribution is -0.154. The molecule has 1 aromatic heterocycles. The highest BCUT2D eigenvalue weighted by atomic mass is 19.4. The first-order valence-electron chi connectivity index (χ1n) is 10.4. The molecule has 0 bridgehead atoms. The summed E-state index contributed by atoms with van der Waals surface area (Å²) in [5, 5.41) is 10.2. The first kappa shape index (κ1) is 22.9. The van der Waals surface area contributed by atoms with Crippen LogP contribution in [0.1, 0.15) is 18.2 Å². The minimum atomic E-state index is -5.02. The van der Waals surface area contributed by atoms with Gasteiger partial charge in [-0.1, -0.05) is 12.1 Å². The highest BCUT2D eigenvalue weighted by molar-refractivity contribution is 5.83. The van der Waals surface area contributed by atoms with Crippen LogP contribution in [0.25, 0.3) is 11.0 Å². The van der Waals surface area contributed by atoms with Gasteiger partial charge in [-0.15, -0.1) is 0 Å². The van der Waals surface area contributed by atoms with Crippen molar-refractivity contribution in [2.24, 2.45) is 0 Å². The predicted octanol–water partition coefficient (Wildman–Crippen LogP) is 4.54. The van der Waals surface area contributed by atoms with E-state index in [9.17, 15) is 23.1 Å². The second-order valence-electron chi connectivity index (χ2n) is 7.40. The van der Waals surface area contributed by atoms with Gasteiger partial charge in [-0.3, -0.25) is 9.69 Å². The van der Waals surface area contributed by atoms with Crippen LogP contribution in [-0.2, 0) is 17.5 Å². The van der Waals surface area contributed by atoms with Gasteiger partial charge < -0.3 is 23.7 Å². The van der Waals surface area contributed by atoms with E-state index in [1.165, 1.54) is 24.3 Å². The Bertz CT molecular complexity index is 1200. The van der Waals surface area contributed by atoms with Crippen molar-refractivity contribution in [2.75, 3.05) is 32.9 Å². The molecule has 1 N–H and O–H groups in total. The Labute approximate surface area is 186 Å². The Hall–Kier alpha value is -3.24. The van der Waals surface area contributed by atoms with Gasteiger partial charge in [-0.2, -0.15) is 13.2 Å². The Balaban J connectivity index is 1.87. The summed E-state index contributed by atoms with van der Waals surface area (Å²) in [7, 11) is 0. The molecule has 0 unspecified atom stereocenters. The number of morpholine rings is 1. The maximum atomic E-state index is 14.0. The number of hydrogen-bond acceptors (Lipinski definition) is 7. The highest BCUT2D eigenvalue weighted by Gasteiger charge is 2.41. The first-order chi connectivity index (χ1) is 15.8. The average molecular weight is 465 g/mol. The number of ether oxygens (including phenoxy) is 3. The fourth-order valence-corrected chi connectivity index (χ4v) is 3.62. The van der Waals surface area contributed by atoms with E-state index in [0.717, 1.165) is 0 Å². The largest absolute Gasteiger partial charge is 0.507 e. The summed E-state index contributed by atoms with van der Waals surface area (Å²) in [4.78, 5) is 15.1. The molecule has 33 heavy (non-hydrogen) atoms. The quantitative estimate of drug-likeness (QED) is 0.572. The summed E-state index contributed by atoms with van der Waals surface area (Å²) < 4.78 is 63.3. The lowest BCUT2D eigenvalue weighted by atomic mass is 10.1. The van der Waals surface area contributed by atoms with Crippen molar-refractivity contribution >= 4 is 11.0 Å². The van der Waals surface area contributed by atoms with Crippen molar-refractivity contribution in [3.05, 3.63) is 57.9 Å². The van der Waals surface area contributed by atoms with Crippen LogP contribution >= 0.6 is 0 Å². The van der Waals surface area contributed by atoms with E-state index in [1.54, 1.807) is 19.1 Å². The van der Waals surface area contributed by atoms with Gasteiger partial charge in [0.25, 0.3) is 5.76 Å². The number of hydrogen-bond donors (Lipinski definition) is 1. The predicted molar refractivity (Wildman–Crippen MR) is 113 cm³/mol. The van der Waals surface area contributed by atoms with E-state index in [1.807, 2.05) is 4.90 Å². The lowest BCUT2D eigenvalue weighted by Gasteiger charge is -2.27. The molecule has 176 valence electrons. The van der Waals surface area contributed by atoms with E-state index in [4.69, 9.17) is 18.6 Å². The summed E-state index contributed by atoms with van der Waals surface area (Å²) in [6.07, 6.45) is -5.02. The molecule has 1 saturated heterocycles. The van der Waals surface area contributed by atoms with Crippen molar-refractivity contribution in [1.29, 1.82) is 0 Å². The summed E-state index contributed by atoms with van der Waals surface area (Å²) in [6.45, 7) is 4.04. The molecule has 1 aliphatic rings. The third kappa shape index (κ3) is 4.76. The lowest BCUT2D eigenvalue weighted by Crippen LogP contribution is -2.35.